The maximum absolute atomic E-state index is 13.0. The highest BCUT2D eigenvalue weighted by Crippen LogP contribution is 2.43. The van der Waals surface area contributed by atoms with E-state index in [0.717, 1.165) is 55.9 Å². The van der Waals surface area contributed by atoms with Crippen LogP contribution in [0.5, 0.6) is 0 Å². The minimum atomic E-state index is 0.267. The zero-order chi connectivity index (χ0) is 20.5. The maximum Gasteiger partial charge on any atom is 0.223 e. The number of hydrogen-bond acceptors (Lipinski definition) is 4. The van der Waals surface area contributed by atoms with Gasteiger partial charge in [0.1, 0.15) is 0 Å². The Balaban J connectivity index is 1.45. The minimum absolute atomic E-state index is 0.267. The fraction of sp³-hybridized carbons (Fsp3) is 0.783. The quantitative estimate of drug-likeness (QED) is 0.702. The summed E-state index contributed by atoms with van der Waals surface area (Å²) in [6, 6.07) is 0.671. The standard InChI is InChI=1S/C23H35N3O2S/c1-15(2)7-9-21-18-11-17(20-5-4-6-23(28)26(20)21)12-25(13-18)22(27)10-8-19-14-29-16(3)24-19/h14-15,17-18,20-21H,4-13H2,1-3H3/t17-,18+,20+,21+/m1/s1. The average molecular weight is 418 g/mol. The molecule has 3 fully saturated rings. The van der Waals surface area contributed by atoms with E-state index >= 15 is 0 Å². The number of nitrogens with zero attached hydrogens (tertiary/aromatic N) is 3. The van der Waals surface area contributed by atoms with Gasteiger partial charge in [0.05, 0.1) is 10.7 Å². The van der Waals surface area contributed by atoms with Crippen LogP contribution < -0.4 is 0 Å². The number of piperidine rings is 3. The van der Waals surface area contributed by atoms with Gasteiger partial charge >= 0.3 is 0 Å². The van der Waals surface area contributed by atoms with E-state index < -0.39 is 0 Å². The molecular formula is C23H35N3O2S. The normalized spacial score (nSPS) is 29.3. The molecule has 4 atom stereocenters. The number of aromatic nitrogens is 1. The number of carbonyl (C=O) groups is 2. The molecule has 160 valence electrons. The first kappa shape index (κ1) is 20.8. The van der Waals surface area contributed by atoms with E-state index in [1.807, 2.05) is 6.92 Å². The van der Waals surface area contributed by atoms with Gasteiger partial charge in [0.25, 0.3) is 0 Å². The van der Waals surface area contributed by atoms with Crippen molar-refractivity contribution >= 4 is 23.2 Å². The Morgan fingerprint density at radius 1 is 1.31 bits per heavy atom. The second-order valence-corrected chi connectivity index (χ2v) is 10.8. The summed E-state index contributed by atoms with van der Waals surface area (Å²) in [5.74, 6) is 2.18. The molecule has 0 spiro atoms. The van der Waals surface area contributed by atoms with Gasteiger partial charge in [0.15, 0.2) is 0 Å². The maximum atomic E-state index is 13.0. The van der Waals surface area contributed by atoms with E-state index in [4.69, 9.17) is 0 Å². The summed E-state index contributed by atoms with van der Waals surface area (Å²) in [7, 11) is 0. The van der Waals surface area contributed by atoms with E-state index in [0.29, 0.717) is 48.6 Å². The monoisotopic (exact) mass is 417 g/mol. The van der Waals surface area contributed by atoms with Gasteiger partial charge in [-0.15, -0.1) is 11.3 Å². The number of fused-ring (bicyclic) bond motifs is 4. The molecule has 3 aliphatic rings. The first-order valence-corrected chi connectivity index (χ1v) is 12.3. The van der Waals surface area contributed by atoms with Crippen molar-refractivity contribution in [1.29, 1.82) is 0 Å². The molecule has 1 aromatic rings. The van der Waals surface area contributed by atoms with Gasteiger partial charge < -0.3 is 9.80 Å². The fourth-order valence-electron chi connectivity index (χ4n) is 5.77. The minimum Gasteiger partial charge on any atom is -0.342 e. The molecule has 2 bridgehead atoms. The van der Waals surface area contributed by atoms with Crippen LogP contribution in [-0.4, -0.2) is 51.8 Å². The van der Waals surface area contributed by atoms with Gasteiger partial charge in [-0.3, -0.25) is 9.59 Å². The highest BCUT2D eigenvalue weighted by Gasteiger charge is 2.49. The van der Waals surface area contributed by atoms with Crippen LogP contribution in [-0.2, 0) is 16.0 Å². The van der Waals surface area contributed by atoms with Crippen molar-refractivity contribution in [3.05, 3.63) is 16.1 Å². The first-order valence-electron chi connectivity index (χ1n) is 11.4. The van der Waals surface area contributed by atoms with Crippen molar-refractivity contribution in [3.8, 4) is 0 Å². The van der Waals surface area contributed by atoms with Gasteiger partial charge in [-0.25, -0.2) is 4.98 Å². The average Bonchev–Trinajstić information content (AvgIpc) is 3.11. The molecule has 1 aromatic heterocycles. The molecule has 5 nitrogen and oxygen atoms in total. The smallest absolute Gasteiger partial charge is 0.223 e. The van der Waals surface area contributed by atoms with Crippen molar-refractivity contribution in [1.82, 2.24) is 14.8 Å². The Bertz CT molecular complexity index is 746. The number of amides is 2. The number of thiazole rings is 1. The summed E-state index contributed by atoms with van der Waals surface area (Å²) in [4.78, 5) is 34.8. The number of likely N-dealkylation sites (tertiary alicyclic amines) is 1. The van der Waals surface area contributed by atoms with Crippen molar-refractivity contribution < 1.29 is 9.59 Å². The molecule has 0 saturated carbocycles. The number of hydrogen-bond donors (Lipinski definition) is 0. The van der Waals surface area contributed by atoms with Crippen LogP contribution >= 0.6 is 11.3 Å². The fourth-order valence-corrected chi connectivity index (χ4v) is 6.42. The number of rotatable bonds is 6. The lowest BCUT2D eigenvalue weighted by atomic mass is 9.70. The van der Waals surface area contributed by atoms with Crippen LogP contribution in [0.4, 0.5) is 0 Å². The lowest BCUT2D eigenvalue weighted by molar-refractivity contribution is -0.156. The van der Waals surface area contributed by atoms with Crippen molar-refractivity contribution in [3.63, 3.8) is 0 Å². The molecule has 3 saturated heterocycles. The second-order valence-electron chi connectivity index (χ2n) is 9.71. The van der Waals surface area contributed by atoms with Crippen LogP contribution in [0.3, 0.4) is 0 Å². The van der Waals surface area contributed by atoms with E-state index in [-0.39, 0.29) is 5.91 Å². The van der Waals surface area contributed by atoms with Crippen LogP contribution in [0, 0.1) is 24.7 Å². The molecule has 4 heterocycles. The Morgan fingerprint density at radius 2 is 2.10 bits per heavy atom. The van der Waals surface area contributed by atoms with Crippen molar-refractivity contribution in [2.45, 2.75) is 84.2 Å². The zero-order valence-electron chi connectivity index (χ0n) is 18.1. The van der Waals surface area contributed by atoms with E-state index in [1.165, 1.54) is 6.42 Å². The van der Waals surface area contributed by atoms with Gasteiger partial charge in [0, 0.05) is 43.4 Å². The van der Waals surface area contributed by atoms with E-state index in [2.05, 4.69) is 34.0 Å². The molecule has 0 N–H and O–H groups in total. The third-order valence-electron chi connectivity index (χ3n) is 7.15. The summed E-state index contributed by atoms with van der Waals surface area (Å²) in [6.45, 7) is 8.19. The summed E-state index contributed by atoms with van der Waals surface area (Å²) in [5, 5.41) is 3.14. The molecule has 0 aromatic carbocycles. The zero-order valence-corrected chi connectivity index (χ0v) is 18.9. The SMILES string of the molecule is Cc1nc(CCC(=O)N2C[C@H]3C[C@@H](C2)[C@H](CCC(C)C)N2C(=O)CCC[C@@H]32)cs1. The van der Waals surface area contributed by atoms with Crippen molar-refractivity contribution in [2.24, 2.45) is 17.8 Å². The van der Waals surface area contributed by atoms with Crippen LogP contribution in [0.25, 0.3) is 0 Å². The van der Waals surface area contributed by atoms with Crippen LogP contribution in [0.1, 0.15) is 69.5 Å². The Hall–Kier alpha value is -1.43. The lowest BCUT2D eigenvalue weighted by Crippen LogP contribution is -2.65. The molecule has 3 aliphatic heterocycles. The Labute approximate surface area is 178 Å². The largest absolute Gasteiger partial charge is 0.342 e. The molecule has 4 rings (SSSR count). The predicted octanol–water partition coefficient (Wildman–Crippen LogP) is 4.05. The molecule has 6 heteroatoms. The lowest BCUT2D eigenvalue weighted by Gasteiger charge is -2.57. The summed E-state index contributed by atoms with van der Waals surface area (Å²) >= 11 is 1.65. The van der Waals surface area contributed by atoms with Crippen molar-refractivity contribution in [2.75, 3.05) is 13.1 Å². The molecular weight excluding hydrogens is 382 g/mol. The molecule has 0 aliphatic carbocycles. The van der Waals surface area contributed by atoms with E-state index in [9.17, 15) is 9.59 Å². The number of aryl methyl sites for hydroxylation is 2. The topological polar surface area (TPSA) is 53.5 Å². The Kier molecular flexibility index (Phi) is 6.28. The van der Waals surface area contributed by atoms with Gasteiger partial charge in [0.2, 0.25) is 11.8 Å². The summed E-state index contributed by atoms with van der Waals surface area (Å²) < 4.78 is 0. The summed E-state index contributed by atoms with van der Waals surface area (Å²) in [6.07, 6.45) is 7.54. The predicted molar refractivity (Wildman–Crippen MR) is 116 cm³/mol. The van der Waals surface area contributed by atoms with Crippen LogP contribution in [0.15, 0.2) is 5.38 Å². The molecule has 2 amide bonds. The van der Waals surface area contributed by atoms with Gasteiger partial charge in [-0.1, -0.05) is 13.8 Å². The molecule has 0 unspecified atom stereocenters. The third kappa shape index (κ3) is 4.52. The Morgan fingerprint density at radius 3 is 2.83 bits per heavy atom. The number of carbonyl (C=O) groups excluding carboxylic acids is 2. The molecule has 29 heavy (non-hydrogen) atoms. The second kappa shape index (κ2) is 8.75. The van der Waals surface area contributed by atoms with Gasteiger partial charge in [-0.05, 0) is 63.2 Å². The summed E-state index contributed by atoms with van der Waals surface area (Å²) in [5.41, 5.74) is 1.04. The first-order chi connectivity index (χ1) is 13.9. The molecule has 0 radical (unpaired) electrons. The highest BCUT2D eigenvalue weighted by atomic mass is 32.1. The van der Waals surface area contributed by atoms with E-state index in [1.54, 1.807) is 11.3 Å². The highest BCUT2D eigenvalue weighted by molar-refractivity contribution is 7.09. The third-order valence-corrected chi connectivity index (χ3v) is 7.97. The van der Waals surface area contributed by atoms with Crippen LogP contribution in [0.2, 0.25) is 0 Å². The van der Waals surface area contributed by atoms with Gasteiger partial charge in [-0.2, -0.15) is 0 Å².